The summed E-state index contributed by atoms with van der Waals surface area (Å²) in [5.41, 5.74) is 1.22. The van der Waals surface area contributed by atoms with Crippen LogP contribution < -0.4 is 5.32 Å². The van der Waals surface area contributed by atoms with Crippen LogP contribution in [0.5, 0.6) is 0 Å². The molecule has 0 saturated carbocycles. The minimum Gasteiger partial charge on any atom is -0.402 e. The molecule has 2 heterocycles. The van der Waals surface area contributed by atoms with Crippen LogP contribution in [0.3, 0.4) is 0 Å². The van der Waals surface area contributed by atoms with E-state index < -0.39 is 0 Å². The largest absolute Gasteiger partial charge is 0.402 e. The molecule has 0 amide bonds. The van der Waals surface area contributed by atoms with Crippen LogP contribution in [0.15, 0.2) is 59.4 Å². The summed E-state index contributed by atoms with van der Waals surface area (Å²) in [6.45, 7) is 3.71. The Morgan fingerprint density at radius 3 is 2.92 bits per heavy atom. The summed E-state index contributed by atoms with van der Waals surface area (Å²) in [5, 5.41) is 5.48. The van der Waals surface area contributed by atoms with E-state index in [2.05, 4.69) is 15.2 Å². The number of fused-ring (bicyclic) bond motifs is 1. The lowest BCUT2D eigenvalue weighted by Gasteiger charge is -2.16. The summed E-state index contributed by atoms with van der Waals surface area (Å²) in [6.07, 6.45) is 2.88. The van der Waals surface area contributed by atoms with Gasteiger partial charge in [-0.2, -0.15) is 0 Å². The van der Waals surface area contributed by atoms with Crippen molar-refractivity contribution < 1.29 is 9.53 Å². The topological polar surface area (TPSA) is 53.9 Å². The third-order valence-corrected chi connectivity index (χ3v) is 4.32. The zero-order valence-corrected chi connectivity index (χ0v) is 13.4. The van der Waals surface area contributed by atoms with Gasteiger partial charge in [0.05, 0.1) is 0 Å². The van der Waals surface area contributed by atoms with Crippen LogP contribution in [-0.4, -0.2) is 42.9 Å². The number of carbonyl (C=O) groups excluding carboxylic acids is 1. The van der Waals surface area contributed by atoms with Crippen LogP contribution in [0.1, 0.15) is 12.0 Å². The molecule has 0 aromatic heterocycles. The van der Waals surface area contributed by atoms with Crippen LogP contribution >= 0.6 is 0 Å². The van der Waals surface area contributed by atoms with Gasteiger partial charge in [0.1, 0.15) is 0 Å². The zero-order chi connectivity index (χ0) is 16.4. The molecule has 1 fully saturated rings. The average Bonchev–Trinajstić information content (AvgIpc) is 2.81. The summed E-state index contributed by atoms with van der Waals surface area (Å²) in [4.78, 5) is 18.8. The molecule has 0 atom stereocenters. The van der Waals surface area contributed by atoms with Gasteiger partial charge in [0.15, 0.2) is 5.70 Å². The fourth-order valence-corrected chi connectivity index (χ4v) is 3.10. The average molecular weight is 321 g/mol. The first-order chi connectivity index (χ1) is 11.8. The third-order valence-electron chi connectivity index (χ3n) is 4.32. The standard InChI is InChI=1S/C19H19N3O2/c23-19-17(13-22-11-4-9-20-10-12-22)21-18(24-19)16-8-3-6-14-5-1-2-7-15(14)16/h1-3,5-8,13,20H,4,9-12H2/b17-13+. The molecule has 0 spiro atoms. The SMILES string of the molecule is O=C1OC(c2cccc3ccccc23)=N/C1=C/N1CCCNCC1. The Kier molecular flexibility index (Phi) is 4.01. The van der Waals surface area contributed by atoms with Gasteiger partial charge < -0.3 is 15.0 Å². The van der Waals surface area contributed by atoms with Gasteiger partial charge in [0.25, 0.3) is 0 Å². The van der Waals surface area contributed by atoms with E-state index in [0.29, 0.717) is 11.6 Å². The molecule has 0 unspecified atom stereocenters. The van der Waals surface area contributed by atoms with E-state index in [9.17, 15) is 4.79 Å². The second kappa shape index (κ2) is 6.45. The third kappa shape index (κ3) is 2.90. The maximum absolute atomic E-state index is 12.2. The van der Waals surface area contributed by atoms with Gasteiger partial charge in [-0.25, -0.2) is 9.79 Å². The van der Waals surface area contributed by atoms with Crippen molar-refractivity contribution in [2.24, 2.45) is 4.99 Å². The van der Waals surface area contributed by atoms with E-state index >= 15 is 0 Å². The van der Waals surface area contributed by atoms with Crippen LogP contribution in [0.2, 0.25) is 0 Å². The first-order valence-electron chi connectivity index (χ1n) is 8.27. The number of nitrogens with one attached hydrogen (secondary N) is 1. The van der Waals surface area contributed by atoms with Crippen molar-refractivity contribution in [3.05, 3.63) is 59.9 Å². The number of nitrogens with zero attached hydrogens (tertiary/aromatic N) is 2. The molecule has 1 N–H and O–H groups in total. The molecule has 4 rings (SSSR count). The molecule has 2 aromatic rings. The maximum Gasteiger partial charge on any atom is 0.365 e. The summed E-state index contributed by atoms with van der Waals surface area (Å²) in [7, 11) is 0. The summed E-state index contributed by atoms with van der Waals surface area (Å²) in [5.74, 6) is 0.00568. The van der Waals surface area contributed by atoms with Gasteiger partial charge in [-0.05, 0) is 29.8 Å². The Bertz CT molecular complexity index is 828. The number of rotatable bonds is 2. The summed E-state index contributed by atoms with van der Waals surface area (Å²) in [6, 6.07) is 14.0. The molecule has 2 aliphatic rings. The van der Waals surface area contributed by atoms with E-state index in [4.69, 9.17) is 4.74 Å². The molecule has 122 valence electrons. The Morgan fingerprint density at radius 2 is 1.96 bits per heavy atom. The molecule has 2 aromatic carbocycles. The van der Waals surface area contributed by atoms with Gasteiger partial charge in [-0.3, -0.25) is 0 Å². The molecule has 1 saturated heterocycles. The van der Waals surface area contributed by atoms with Crippen molar-refractivity contribution >= 4 is 22.6 Å². The van der Waals surface area contributed by atoms with Gasteiger partial charge in [-0.15, -0.1) is 0 Å². The highest BCUT2D eigenvalue weighted by Crippen LogP contribution is 2.24. The Morgan fingerprint density at radius 1 is 1.08 bits per heavy atom. The van der Waals surface area contributed by atoms with Crippen molar-refractivity contribution in [2.45, 2.75) is 6.42 Å². The van der Waals surface area contributed by atoms with Crippen molar-refractivity contribution in [2.75, 3.05) is 26.2 Å². The van der Waals surface area contributed by atoms with Crippen LogP contribution in [0.25, 0.3) is 10.8 Å². The van der Waals surface area contributed by atoms with Crippen molar-refractivity contribution in [3.8, 4) is 0 Å². The summed E-state index contributed by atoms with van der Waals surface area (Å²) < 4.78 is 5.44. The lowest BCUT2D eigenvalue weighted by molar-refractivity contribution is -0.130. The number of cyclic esters (lactones) is 1. The van der Waals surface area contributed by atoms with E-state index in [-0.39, 0.29) is 5.97 Å². The Hall–Kier alpha value is -2.66. The van der Waals surface area contributed by atoms with Crippen molar-refractivity contribution in [3.63, 3.8) is 0 Å². The molecule has 24 heavy (non-hydrogen) atoms. The van der Waals surface area contributed by atoms with Gasteiger partial charge in [-0.1, -0.05) is 36.4 Å². The van der Waals surface area contributed by atoms with Crippen LogP contribution in [0.4, 0.5) is 0 Å². The lowest BCUT2D eigenvalue weighted by atomic mass is 10.0. The highest BCUT2D eigenvalue weighted by Gasteiger charge is 2.26. The number of ether oxygens (including phenoxy) is 1. The predicted octanol–water partition coefficient (Wildman–Crippen LogP) is 2.28. The molecule has 0 aliphatic carbocycles. The molecule has 2 aliphatic heterocycles. The number of hydrogen-bond acceptors (Lipinski definition) is 5. The zero-order valence-electron chi connectivity index (χ0n) is 13.4. The molecular weight excluding hydrogens is 302 g/mol. The number of aliphatic imine (C=N–C) groups is 1. The fraction of sp³-hybridized carbons (Fsp3) is 0.263. The highest BCUT2D eigenvalue weighted by molar-refractivity contribution is 6.16. The predicted molar refractivity (Wildman–Crippen MR) is 93.7 cm³/mol. The minimum atomic E-state index is -0.379. The van der Waals surface area contributed by atoms with Crippen LogP contribution in [0, 0.1) is 0 Å². The Balaban J connectivity index is 1.67. The Labute approximate surface area is 140 Å². The second-order valence-corrected chi connectivity index (χ2v) is 5.99. The number of esters is 1. The van der Waals surface area contributed by atoms with Crippen molar-refractivity contribution in [1.29, 1.82) is 0 Å². The highest BCUT2D eigenvalue weighted by atomic mass is 16.6. The molecular formula is C19H19N3O2. The molecule has 0 bridgehead atoms. The lowest BCUT2D eigenvalue weighted by Crippen LogP contribution is -2.24. The molecule has 5 nitrogen and oxygen atoms in total. The number of hydrogen-bond donors (Lipinski definition) is 1. The maximum atomic E-state index is 12.2. The quantitative estimate of drug-likeness (QED) is 0.681. The van der Waals surface area contributed by atoms with Gasteiger partial charge >= 0.3 is 5.97 Å². The smallest absolute Gasteiger partial charge is 0.365 e. The van der Waals surface area contributed by atoms with Gasteiger partial charge in [0.2, 0.25) is 5.90 Å². The van der Waals surface area contributed by atoms with E-state index in [1.165, 1.54) is 0 Å². The second-order valence-electron chi connectivity index (χ2n) is 5.99. The first-order valence-corrected chi connectivity index (χ1v) is 8.27. The number of carbonyl (C=O) groups is 1. The van der Waals surface area contributed by atoms with Crippen molar-refractivity contribution in [1.82, 2.24) is 10.2 Å². The van der Waals surface area contributed by atoms with E-state index in [1.807, 2.05) is 48.7 Å². The normalized spacial score (nSPS) is 20.2. The first kappa shape index (κ1) is 14.9. The molecule has 5 heteroatoms. The van der Waals surface area contributed by atoms with Gasteiger partial charge in [0, 0.05) is 31.4 Å². The van der Waals surface area contributed by atoms with E-state index in [1.54, 1.807) is 0 Å². The van der Waals surface area contributed by atoms with Crippen LogP contribution in [-0.2, 0) is 9.53 Å². The minimum absolute atomic E-state index is 0.375. The summed E-state index contributed by atoms with van der Waals surface area (Å²) >= 11 is 0. The number of benzene rings is 2. The van der Waals surface area contributed by atoms with E-state index in [0.717, 1.165) is 48.9 Å². The monoisotopic (exact) mass is 321 g/mol. The fourth-order valence-electron chi connectivity index (χ4n) is 3.10. The molecule has 0 radical (unpaired) electrons.